The summed E-state index contributed by atoms with van der Waals surface area (Å²) in [5.41, 5.74) is 0.446. The monoisotopic (exact) mass is 612 g/mol. The van der Waals surface area contributed by atoms with Gasteiger partial charge in [-0.1, -0.05) is 136 Å². The number of carbonyl (C=O) groups excluding carboxylic acids is 1. The third kappa shape index (κ3) is 19.9. The van der Waals surface area contributed by atoms with E-state index in [1.165, 1.54) is 135 Å². The molecule has 44 heavy (non-hydrogen) atoms. The largest absolute Gasteiger partial charge is 0.462 e. The Hall–Kier alpha value is -2.24. The average molecular weight is 612 g/mol. The van der Waals surface area contributed by atoms with E-state index in [1.54, 1.807) is 12.4 Å². The molecule has 0 fully saturated rings. The lowest BCUT2D eigenvalue weighted by Gasteiger charge is -2.05. The topological polar surface area (TPSA) is 60.9 Å². The van der Waals surface area contributed by atoms with Gasteiger partial charge in [0.25, 0.3) is 0 Å². The van der Waals surface area contributed by atoms with Crippen molar-refractivity contribution in [2.45, 2.75) is 187 Å². The van der Waals surface area contributed by atoms with Gasteiger partial charge < -0.3 is 4.74 Å². The van der Waals surface area contributed by atoms with Crippen LogP contribution in [0.25, 0.3) is 0 Å². The van der Waals surface area contributed by atoms with Crippen LogP contribution in [0, 0.1) is 0 Å². The third-order valence-corrected chi connectivity index (χ3v) is 8.75. The number of imidazole rings is 1. The summed E-state index contributed by atoms with van der Waals surface area (Å²) in [5, 5.41) is 0. The van der Waals surface area contributed by atoms with E-state index in [1.807, 2.05) is 0 Å². The fourth-order valence-electron chi connectivity index (χ4n) is 5.84. The molecular weight excluding hydrogens is 544 g/mol. The summed E-state index contributed by atoms with van der Waals surface area (Å²) in [6.07, 6.45) is 42.3. The number of aryl methyl sites for hydroxylation is 3. The molecule has 2 aromatic rings. The minimum Gasteiger partial charge on any atom is -0.462 e. The number of hydrogen-bond acceptors (Lipinski definition) is 4. The van der Waals surface area contributed by atoms with Crippen LogP contribution in [0.5, 0.6) is 0 Å². The van der Waals surface area contributed by atoms with Gasteiger partial charge >= 0.3 is 5.97 Å². The van der Waals surface area contributed by atoms with E-state index in [0.717, 1.165) is 44.6 Å². The van der Waals surface area contributed by atoms with Crippen LogP contribution in [-0.4, -0.2) is 27.1 Å². The van der Waals surface area contributed by atoms with E-state index >= 15 is 0 Å². The zero-order chi connectivity index (χ0) is 31.3. The first-order valence-electron chi connectivity index (χ1n) is 18.8. The van der Waals surface area contributed by atoms with Crippen LogP contribution in [0.2, 0.25) is 0 Å². The molecule has 0 bridgehead atoms. The number of carbonyl (C=O) groups is 1. The molecule has 2 aromatic heterocycles. The molecule has 0 aliphatic heterocycles. The smallest absolute Gasteiger partial charge is 0.341 e. The highest BCUT2D eigenvalue weighted by Crippen LogP contribution is 2.13. The van der Waals surface area contributed by atoms with E-state index in [4.69, 9.17) is 4.74 Å². The Morgan fingerprint density at radius 3 is 1.70 bits per heavy atom. The summed E-state index contributed by atoms with van der Waals surface area (Å²) >= 11 is 0. The Labute approximate surface area is 270 Å². The molecule has 0 N–H and O–H groups in total. The molecule has 0 unspecified atom stereocenters. The second-order valence-electron chi connectivity index (χ2n) is 12.9. The quantitative estimate of drug-likeness (QED) is 0.0501. The van der Waals surface area contributed by atoms with E-state index in [2.05, 4.69) is 51.7 Å². The molecular formula is C38H67N4O2+. The maximum absolute atomic E-state index is 12.4. The van der Waals surface area contributed by atoms with Crippen molar-refractivity contribution in [2.24, 2.45) is 0 Å². The van der Waals surface area contributed by atoms with E-state index in [-0.39, 0.29) is 5.97 Å². The molecule has 0 spiro atoms. The highest BCUT2D eigenvalue weighted by molar-refractivity contribution is 5.88. The Kier molecular flexibility index (Phi) is 23.4. The predicted octanol–water partition coefficient (Wildman–Crippen LogP) is 10.4. The van der Waals surface area contributed by atoms with Crippen LogP contribution in [-0.2, 0) is 24.2 Å². The Morgan fingerprint density at radius 2 is 1.16 bits per heavy atom. The molecule has 2 heterocycles. The second kappa shape index (κ2) is 27.1. The lowest BCUT2D eigenvalue weighted by atomic mass is 10.0. The van der Waals surface area contributed by atoms with Crippen molar-refractivity contribution >= 4 is 5.97 Å². The number of unbranched alkanes of at least 4 members (excludes halogenated alkanes) is 21. The highest BCUT2D eigenvalue weighted by Gasteiger charge is 2.09. The normalized spacial score (nSPS) is 11.3. The molecule has 0 saturated heterocycles. The van der Waals surface area contributed by atoms with Gasteiger partial charge in [-0.3, -0.25) is 0 Å². The standard InChI is InChI=1S/C38H67N4O2/c1-3-5-7-9-11-13-15-16-17-19-21-23-27-37-39-33-36(34-40-37)38(43)44-32-26-25-29-42-31-30-41(35-42)28-24-22-20-18-14-12-10-8-6-4-2/h30-31,33-35H,3-29,32H2,1-2H3/q+1. The molecule has 250 valence electrons. The zero-order valence-corrected chi connectivity index (χ0v) is 28.8. The van der Waals surface area contributed by atoms with Gasteiger partial charge in [-0.15, -0.1) is 0 Å². The van der Waals surface area contributed by atoms with Crippen molar-refractivity contribution in [3.8, 4) is 0 Å². The summed E-state index contributed by atoms with van der Waals surface area (Å²) < 4.78 is 10.0. The van der Waals surface area contributed by atoms with E-state index in [0.29, 0.717) is 12.2 Å². The van der Waals surface area contributed by atoms with Gasteiger partial charge in [0.05, 0.1) is 25.3 Å². The lowest BCUT2D eigenvalue weighted by Crippen LogP contribution is -2.30. The van der Waals surface area contributed by atoms with Crippen molar-refractivity contribution < 1.29 is 14.1 Å². The molecule has 0 aliphatic carbocycles. The van der Waals surface area contributed by atoms with Gasteiger partial charge in [-0.2, -0.15) is 0 Å². The van der Waals surface area contributed by atoms with Crippen molar-refractivity contribution in [3.63, 3.8) is 0 Å². The van der Waals surface area contributed by atoms with Gasteiger partial charge in [-0.05, 0) is 32.1 Å². The lowest BCUT2D eigenvalue weighted by molar-refractivity contribution is -0.696. The van der Waals surface area contributed by atoms with Crippen molar-refractivity contribution in [1.29, 1.82) is 0 Å². The summed E-state index contributed by atoms with van der Waals surface area (Å²) in [5.74, 6) is 0.503. The van der Waals surface area contributed by atoms with Crippen LogP contribution in [0.15, 0.2) is 31.1 Å². The van der Waals surface area contributed by atoms with E-state index < -0.39 is 0 Å². The second-order valence-corrected chi connectivity index (χ2v) is 12.9. The summed E-state index contributed by atoms with van der Waals surface area (Å²) in [6, 6.07) is 0. The summed E-state index contributed by atoms with van der Waals surface area (Å²) in [4.78, 5) is 21.2. The predicted molar refractivity (Wildman–Crippen MR) is 183 cm³/mol. The van der Waals surface area contributed by atoms with Crippen LogP contribution in [0.1, 0.15) is 184 Å². The molecule has 0 saturated carbocycles. The minimum absolute atomic E-state index is 0.322. The van der Waals surface area contributed by atoms with E-state index in [9.17, 15) is 4.79 Å². The van der Waals surface area contributed by atoms with Crippen LogP contribution in [0.4, 0.5) is 0 Å². The first-order valence-corrected chi connectivity index (χ1v) is 18.8. The number of esters is 1. The third-order valence-electron chi connectivity index (χ3n) is 8.75. The maximum atomic E-state index is 12.4. The maximum Gasteiger partial charge on any atom is 0.341 e. The number of ether oxygens (including phenoxy) is 1. The zero-order valence-electron chi connectivity index (χ0n) is 28.8. The van der Waals surface area contributed by atoms with Gasteiger partial charge in [-0.25, -0.2) is 23.9 Å². The Bertz CT molecular complexity index is 927. The number of aromatic nitrogens is 4. The van der Waals surface area contributed by atoms with Crippen LogP contribution < -0.4 is 4.57 Å². The summed E-state index contributed by atoms with van der Waals surface area (Å²) in [6.45, 7) is 7.03. The average Bonchev–Trinajstić information content (AvgIpc) is 3.50. The number of nitrogens with zero attached hydrogens (tertiary/aromatic N) is 4. The van der Waals surface area contributed by atoms with Crippen molar-refractivity contribution in [1.82, 2.24) is 14.5 Å². The molecule has 0 aromatic carbocycles. The Morgan fingerprint density at radius 1 is 0.659 bits per heavy atom. The fourth-order valence-corrected chi connectivity index (χ4v) is 5.84. The van der Waals surface area contributed by atoms with Crippen LogP contribution in [0.3, 0.4) is 0 Å². The Balaban J connectivity index is 1.43. The van der Waals surface area contributed by atoms with Crippen LogP contribution >= 0.6 is 0 Å². The van der Waals surface area contributed by atoms with Gasteiger partial charge in [0, 0.05) is 18.8 Å². The molecule has 6 heteroatoms. The summed E-state index contributed by atoms with van der Waals surface area (Å²) in [7, 11) is 0. The molecule has 0 radical (unpaired) electrons. The minimum atomic E-state index is -0.322. The van der Waals surface area contributed by atoms with Crippen molar-refractivity contribution in [3.05, 3.63) is 42.5 Å². The first-order chi connectivity index (χ1) is 21.7. The first kappa shape index (κ1) is 37.9. The molecule has 0 aliphatic rings. The molecule has 0 amide bonds. The SMILES string of the molecule is CCCCCCCCCCCCCCc1ncc(C(=O)OCCCCn2cc[n+](CCCCCCCCCCCC)c2)cn1. The van der Waals surface area contributed by atoms with Crippen molar-refractivity contribution in [2.75, 3.05) is 6.61 Å². The number of rotatable bonds is 30. The van der Waals surface area contributed by atoms with Gasteiger partial charge in [0.1, 0.15) is 18.2 Å². The van der Waals surface area contributed by atoms with Gasteiger partial charge in [0.15, 0.2) is 0 Å². The highest BCUT2D eigenvalue weighted by atomic mass is 16.5. The molecule has 6 nitrogen and oxygen atoms in total. The molecule has 2 rings (SSSR count). The number of hydrogen-bond donors (Lipinski definition) is 0. The molecule has 0 atom stereocenters. The fraction of sp³-hybridized carbons (Fsp3) is 0.789. The van der Waals surface area contributed by atoms with Gasteiger partial charge in [0.2, 0.25) is 6.33 Å².